The summed E-state index contributed by atoms with van der Waals surface area (Å²) in [5, 5.41) is 9.63. The smallest absolute Gasteiger partial charge is 0.0730 e. The van der Waals surface area contributed by atoms with Gasteiger partial charge in [-0.3, -0.25) is 0 Å². The topological polar surface area (TPSA) is 46.2 Å². The number of nitrogens with two attached hydrogens (primary N) is 1. The van der Waals surface area contributed by atoms with Gasteiger partial charge in [-0.1, -0.05) is 38.8 Å². The Morgan fingerprint density at radius 3 is 2.64 bits per heavy atom. The minimum Gasteiger partial charge on any atom is -0.391 e. The number of aliphatic hydroxyl groups excluding tert-OH is 1. The van der Waals surface area contributed by atoms with Gasteiger partial charge in [0.1, 0.15) is 0 Å². The largest absolute Gasteiger partial charge is 0.391 e. The minimum atomic E-state index is -0.499. The van der Waals surface area contributed by atoms with Crippen molar-refractivity contribution in [3.63, 3.8) is 0 Å². The van der Waals surface area contributed by atoms with Crippen LogP contribution in [0, 0.1) is 0 Å². The molecule has 2 nitrogen and oxygen atoms in total. The van der Waals surface area contributed by atoms with Gasteiger partial charge in [0, 0.05) is 8.95 Å². The molecular formula is C10H13Br2NO. The molecule has 0 spiro atoms. The fourth-order valence-corrected chi connectivity index (χ4v) is 2.12. The fraction of sp³-hybridized carbons (Fsp3) is 0.400. The maximum Gasteiger partial charge on any atom is 0.0730 e. The summed E-state index contributed by atoms with van der Waals surface area (Å²) in [6.07, 6.45) is 0.153. The molecule has 0 radical (unpaired) electrons. The zero-order valence-corrected chi connectivity index (χ0v) is 11.0. The zero-order valence-electron chi connectivity index (χ0n) is 7.87. The average molecular weight is 323 g/mol. The van der Waals surface area contributed by atoms with Crippen molar-refractivity contribution in [2.75, 3.05) is 0 Å². The molecule has 0 saturated carbocycles. The molecule has 0 aromatic heterocycles. The van der Waals surface area contributed by atoms with E-state index in [0.717, 1.165) is 14.5 Å². The Bertz CT molecular complexity index is 317. The summed E-state index contributed by atoms with van der Waals surface area (Å²) in [6, 6.07) is 5.43. The Labute approximate surface area is 101 Å². The van der Waals surface area contributed by atoms with E-state index in [0.29, 0.717) is 6.42 Å². The van der Waals surface area contributed by atoms with Crippen LogP contribution in [0.2, 0.25) is 0 Å². The maximum absolute atomic E-state index is 9.63. The molecular weight excluding hydrogens is 310 g/mol. The van der Waals surface area contributed by atoms with Crippen LogP contribution in [0.25, 0.3) is 0 Å². The highest BCUT2D eigenvalue weighted by atomic mass is 79.9. The molecule has 4 heteroatoms. The Kier molecular flexibility index (Phi) is 4.57. The maximum atomic E-state index is 9.63. The van der Waals surface area contributed by atoms with E-state index in [1.165, 1.54) is 0 Å². The first kappa shape index (κ1) is 12.2. The lowest BCUT2D eigenvalue weighted by molar-refractivity contribution is 0.140. The third kappa shape index (κ3) is 2.79. The van der Waals surface area contributed by atoms with Crippen LogP contribution in [-0.4, -0.2) is 11.2 Å². The highest BCUT2D eigenvalue weighted by molar-refractivity contribution is 9.11. The lowest BCUT2D eigenvalue weighted by Crippen LogP contribution is -2.25. The highest BCUT2D eigenvalue weighted by Gasteiger charge is 2.17. The van der Waals surface area contributed by atoms with Gasteiger partial charge in [-0.25, -0.2) is 0 Å². The van der Waals surface area contributed by atoms with E-state index in [2.05, 4.69) is 31.9 Å². The molecule has 0 fully saturated rings. The van der Waals surface area contributed by atoms with Gasteiger partial charge in [0.25, 0.3) is 0 Å². The molecule has 0 aliphatic heterocycles. The number of aliphatic hydroxyl groups is 1. The molecule has 0 heterocycles. The van der Waals surface area contributed by atoms with Crippen LogP contribution in [-0.2, 0) is 0 Å². The molecule has 3 N–H and O–H groups in total. The molecule has 0 aliphatic rings. The summed E-state index contributed by atoms with van der Waals surface area (Å²) in [4.78, 5) is 0. The zero-order chi connectivity index (χ0) is 10.7. The number of hydrogen-bond acceptors (Lipinski definition) is 2. The summed E-state index contributed by atoms with van der Waals surface area (Å²) >= 11 is 6.79. The fourth-order valence-electron chi connectivity index (χ4n) is 1.23. The standard InChI is InChI=1S/C10H13Br2NO/c1-2-9(14)10(13)7-5-6(11)3-4-8(7)12/h3-5,9-10,14H,2,13H2,1H3/t9-,10+/m0/s1. The van der Waals surface area contributed by atoms with Crippen LogP contribution in [0.15, 0.2) is 27.1 Å². The molecule has 2 atom stereocenters. The number of benzene rings is 1. The van der Waals surface area contributed by atoms with Gasteiger partial charge in [0.2, 0.25) is 0 Å². The molecule has 1 aromatic carbocycles. The van der Waals surface area contributed by atoms with E-state index >= 15 is 0 Å². The van der Waals surface area contributed by atoms with E-state index < -0.39 is 6.10 Å². The molecule has 0 saturated heterocycles. The van der Waals surface area contributed by atoms with Crippen molar-refractivity contribution in [1.82, 2.24) is 0 Å². The first-order valence-electron chi connectivity index (χ1n) is 4.44. The molecule has 1 aromatic rings. The Morgan fingerprint density at radius 2 is 2.07 bits per heavy atom. The molecule has 0 bridgehead atoms. The Hall–Kier alpha value is 0.1000. The molecule has 1 rings (SSSR count). The van der Waals surface area contributed by atoms with Gasteiger partial charge in [0.05, 0.1) is 12.1 Å². The summed E-state index contributed by atoms with van der Waals surface area (Å²) in [5.41, 5.74) is 6.84. The molecule has 0 unspecified atom stereocenters. The average Bonchev–Trinajstić information content (AvgIpc) is 2.19. The van der Waals surface area contributed by atoms with Gasteiger partial charge in [-0.15, -0.1) is 0 Å². The molecule has 14 heavy (non-hydrogen) atoms. The second-order valence-electron chi connectivity index (χ2n) is 3.17. The van der Waals surface area contributed by atoms with Gasteiger partial charge in [-0.2, -0.15) is 0 Å². The van der Waals surface area contributed by atoms with Crippen molar-refractivity contribution in [1.29, 1.82) is 0 Å². The van der Waals surface area contributed by atoms with Crippen LogP contribution < -0.4 is 5.73 Å². The van der Waals surface area contributed by atoms with E-state index in [-0.39, 0.29) is 6.04 Å². The SMILES string of the molecule is CC[C@H](O)[C@H](N)c1cc(Br)ccc1Br. The summed E-state index contributed by atoms with van der Waals surface area (Å²) < 4.78 is 1.90. The van der Waals surface area contributed by atoms with Crippen molar-refractivity contribution in [2.45, 2.75) is 25.5 Å². The third-order valence-electron chi connectivity index (χ3n) is 2.15. The first-order chi connectivity index (χ1) is 6.56. The predicted octanol–water partition coefficient (Wildman–Crippen LogP) is 2.98. The predicted molar refractivity (Wildman–Crippen MR) is 65.1 cm³/mol. The highest BCUT2D eigenvalue weighted by Crippen LogP contribution is 2.28. The second-order valence-corrected chi connectivity index (χ2v) is 4.94. The van der Waals surface area contributed by atoms with Gasteiger partial charge < -0.3 is 10.8 Å². The van der Waals surface area contributed by atoms with Crippen molar-refractivity contribution < 1.29 is 5.11 Å². The number of hydrogen-bond donors (Lipinski definition) is 2. The van der Waals surface area contributed by atoms with Crippen LogP contribution in [0.1, 0.15) is 24.9 Å². The van der Waals surface area contributed by atoms with E-state index in [9.17, 15) is 5.11 Å². The minimum absolute atomic E-state index is 0.341. The summed E-state index contributed by atoms with van der Waals surface area (Å²) in [5.74, 6) is 0. The van der Waals surface area contributed by atoms with Crippen molar-refractivity contribution in [3.8, 4) is 0 Å². The van der Waals surface area contributed by atoms with Crippen molar-refractivity contribution >= 4 is 31.9 Å². The normalized spacial score (nSPS) is 15.2. The number of rotatable bonds is 3. The quantitative estimate of drug-likeness (QED) is 0.898. The van der Waals surface area contributed by atoms with Crippen LogP contribution in [0.3, 0.4) is 0 Å². The van der Waals surface area contributed by atoms with Crippen LogP contribution >= 0.6 is 31.9 Å². The second kappa shape index (κ2) is 5.26. The van der Waals surface area contributed by atoms with E-state index in [1.54, 1.807) is 0 Å². The lowest BCUT2D eigenvalue weighted by Gasteiger charge is -2.19. The first-order valence-corrected chi connectivity index (χ1v) is 6.03. The lowest BCUT2D eigenvalue weighted by atomic mass is 10.0. The van der Waals surface area contributed by atoms with Gasteiger partial charge in [-0.05, 0) is 30.2 Å². The molecule has 0 aliphatic carbocycles. The molecule has 78 valence electrons. The summed E-state index contributed by atoms with van der Waals surface area (Å²) in [6.45, 7) is 1.91. The third-order valence-corrected chi connectivity index (χ3v) is 3.37. The van der Waals surface area contributed by atoms with Crippen molar-refractivity contribution in [3.05, 3.63) is 32.7 Å². The summed E-state index contributed by atoms with van der Waals surface area (Å²) in [7, 11) is 0. The van der Waals surface area contributed by atoms with Crippen LogP contribution in [0.4, 0.5) is 0 Å². The number of halogens is 2. The van der Waals surface area contributed by atoms with Crippen molar-refractivity contribution in [2.24, 2.45) is 5.73 Å². The van der Waals surface area contributed by atoms with Gasteiger partial charge in [0.15, 0.2) is 0 Å². The Morgan fingerprint density at radius 1 is 1.43 bits per heavy atom. The molecule has 0 amide bonds. The monoisotopic (exact) mass is 321 g/mol. The Balaban J connectivity index is 2.99. The van der Waals surface area contributed by atoms with E-state index in [4.69, 9.17) is 5.73 Å². The van der Waals surface area contributed by atoms with Gasteiger partial charge >= 0.3 is 0 Å². The van der Waals surface area contributed by atoms with Crippen LogP contribution in [0.5, 0.6) is 0 Å². The van der Waals surface area contributed by atoms with E-state index in [1.807, 2.05) is 25.1 Å².